The Hall–Kier alpha value is -3.27. The van der Waals surface area contributed by atoms with Crippen LogP contribution in [0.15, 0.2) is 52.2 Å². The van der Waals surface area contributed by atoms with Crippen molar-refractivity contribution < 1.29 is 14.0 Å². The Bertz CT molecular complexity index is 1300. The van der Waals surface area contributed by atoms with Crippen LogP contribution in [0.4, 0.5) is 0 Å². The van der Waals surface area contributed by atoms with Crippen LogP contribution in [-0.4, -0.2) is 53.7 Å². The maximum atomic E-state index is 13.3. The third-order valence-corrected chi connectivity index (χ3v) is 7.35. The lowest BCUT2D eigenvalue weighted by Gasteiger charge is -2.39. The number of para-hydroxylation sites is 2. The molecule has 0 radical (unpaired) electrons. The predicted molar refractivity (Wildman–Crippen MR) is 129 cm³/mol. The number of carbonyl (C=O) groups excluding carboxylic acids is 2. The summed E-state index contributed by atoms with van der Waals surface area (Å²) in [6.07, 6.45) is 4.80. The van der Waals surface area contributed by atoms with Crippen molar-refractivity contribution in [2.24, 2.45) is 0 Å². The average Bonchev–Trinajstić information content (AvgIpc) is 3.55. The molecule has 10 heteroatoms. The Balaban J connectivity index is 1.37. The number of benzene rings is 1. The first-order valence-corrected chi connectivity index (χ1v) is 12.6. The predicted octanol–water partition coefficient (Wildman–Crippen LogP) is 3.48. The number of hydrogen-bond acceptors (Lipinski definition) is 6. The zero-order chi connectivity index (χ0) is 23.7. The topological polar surface area (TPSA) is 97.7 Å². The van der Waals surface area contributed by atoms with E-state index in [-0.39, 0.29) is 36.2 Å². The largest absolute Gasteiger partial charge is 0.467 e. The number of piperidine rings is 1. The number of furan rings is 1. The molecule has 0 aliphatic carbocycles. The van der Waals surface area contributed by atoms with Gasteiger partial charge in [-0.05, 0) is 57.4 Å². The number of fused-ring (bicyclic) bond motifs is 3. The molecule has 4 aromatic rings. The minimum atomic E-state index is -0.120. The van der Waals surface area contributed by atoms with Crippen LogP contribution in [0.5, 0.6) is 0 Å². The van der Waals surface area contributed by atoms with Crippen molar-refractivity contribution in [2.45, 2.75) is 63.4 Å². The molecule has 34 heavy (non-hydrogen) atoms. The van der Waals surface area contributed by atoms with Gasteiger partial charge in [0.2, 0.25) is 17.6 Å². The van der Waals surface area contributed by atoms with Gasteiger partial charge in [-0.3, -0.25) is 18.6 Å². The number of rotatable bonds is 7. The number of amides is 2. The van der Waals surface area contributed by atoms with Crippen LogP contribution in [0.3, 0.4) is 0 Å². The summed E-state index contributed by atoms with van der Waals surface area (Å²) in [4.78, 5) is 27.7. The normalized spacial score (nSPS) is 18.6. The molecule has 2 amide bonds. The van der Waals surface area contributed by atoms with E-state index in [9.17, 15) is 9.59 Å². The highest BCUT2D eigenvalue weighted by Gasteiger charge is 2.30. The fourth-order valence-electron chi connectivity index (χ4n) is 4.80. The Morgan fingerprint density at radius 2 is 1.85 bits per heavy atom. The smallest absolute Gasteiger partial charge is 0.243 e. The van der Waals surface area contributed by atoms with Gasteiger partial charge in [-0.15, -0.1) is 10.2 Å². The summed E-state index contributed by atoms with van der Waals surface area (Å²) in [5, 5.41) is 12.2. The highest BCUT2D eigenvalue weighted by atomic mass is 32.2. The summed E-state index contributed by atoms with van der Waals surface area (Å²) >= 11 is 1.32. The average molecular weight is 481 g/mol. The van der Waals surface area contributed by atoms with E-state index in [2.05, 4.69) is 29.4 Å². The molecule has 1 aromatic carbocycles. The highest BCUT2D eigenvalue weighted by molar-refractivity contribution is 7.99. The molecule has 9 nitrogen and oxygen atoms in total. The van der Waals surface area contributed by atoms with Gasteiger partial charge in [0.15, 0.2) is 5.16 Å². The van der Waals surface area contributed by atoms with E-state index >= 15 is 0 Å². The number of imidazole rings is 1. The summed E-state index contributed by atoms with van der Waals surface area (Å²) in [7, 11) is 0. The van der Waals surface area contributed by atoms with Crippen LogP contribution >= 0.6 is 11.8 Å². The molecule has 0 saturated carbocycles. The molecule has 0 spiro atoms. The van der Waals surface area contributed by atoms with Gasteiger partial charge in [-0.1, -0.05) is 23.9 Å². The van der Waals surface area contributed by atoms with E-state index in [1.54, 1.807) is 12.3 Å². The van der Waals surface area contributed by atoms with E-state index in [0.717, 1.165) is 30.3 Å². The molecule has 0 bridgehead atoms. The minimum Gasteiger partial charge on any atom is -0.467 e. The number of thioether (sulfide) groups is 1. The number of hydrogen-bond donors (Lipinski definition) is 1. The van der Waals surface area contributed by atoms with E-state index < -0.39 is 0 Å². The molecule has 1 fully saturated rings. The quantitative estimate of drug-likeness (QED) is 0.407. The molecule has 4 heterocycles. The van der Waals surface area contributed by atoms with E-state index in [1.165, 1.54) is 11.8 Å². The molecular formula is C24H28N6O3S. The summed E-state index contributed by atoms with van der Waals surface area (Å²) in [5.74, 6) is 1.48. The van der Waals surface area contributed by atoms with Crippen molar-refractivity contribution >= 4 is 40.4 Å². The maximum Gasteiger partial charge on any atom is 0.243 e. The van der Waals surface area contributed by atoms with Gasteiger partial charge in [0.05, 0.1) is 29.6 Å². The maximum absolute atomic E-state index is 13.3. The van der Waals surface area contributed by atoms with Crippen molar-refractivity contribution in [1.82, 2.24) is 29.4 Å². The van der Waals surface area contributed by atoms with Gasteiger partial charge in [0.1, 0.15) is 12.3 Å². The van der Waals surface area contributed by atoms with E-state index in [4.69, 9.17) is 4.42 Å². The molecule has 5 rings (SSSR count). The highest BCUT2D eigenvalue weighted by Crippen LogP contribution is 2.27. The minimum absolute atomic E-state index is 0.0949. The molecule has 1 N–H and O–H groups in total. The number of nitrogens with zero attached hydrogens (tertiary/aromatic N) is 5. The van der Waals surface area contributed by atoms with Gasteiger partial charge in [-0.2, -0.15) is 0 Å². The van der Waals surface area contributed by atoms with Crippen LogP contribution < -0.4 is 5.32 Å². The van der Waals surface area contributed by atoms with Gasteiger partial charge in [0.25, 0.3) is 0 Å². The summed E-state index contributed by atoms with van der Waals surface area (Å²) in [6.45, 7) is 4.80. The number of nitrogens with one attached hydrogen (secondary N) is 1. The second kappa shape index (κ2) is 9.54. The third kappa shape index (κ3) is 4.29. The molecule has 1 aliphatic rings. The van der Waals surface area contributed by atoms with Crippen molar-refractivity contribution in [3.05, 3.63) is 48.4 Å². The van der Waals surface area contributed by atoms with Crippen molar-refractivity contribution in [3.8, 4) is 0 Å². The summed E-state index contributed by atoms with van der Waals surface area (Å²) in [5.41, 5.74) is 1.83. The first-order chi connectivity index (χ1) is 16.5. The molecule has 1 aliphatic heterocycles. The first kappa shape index (κ1) is 22.5. The van der Waals surface area contributed by atoms with Crippen LogP contribution in [0, 0.1) is 0 Å². The van der Waals surface area contributed by atoms with Crippen LogP contribution in [-0.2, 0) is 22.7 Å². The third-order valence-electron chi connectivity index (χ3n) is 6.42. The van der Waals surface area contributed by atoms with Gasteiger partial charge < -0.3 is 14.6 Å². The Morgan fingerprint density at radius 3 is 2.59 bits per heavy atom. The SMILES string of the molecule is C[C@@H]1CCC[C@H](C)N1C(=O)Cn1c2ccccc2n2c(SCC(=O)NCc3ccco3)nnc12. The number of likely N-dealkylation sites (tertiary alicyclic amines) is 1. The second-order valence-corrected chi connectivity index (χ2v) is 9.71. The molecule has 0 unspecified atom stereocenters. The van der Waals surface area contributed by atoms with E-state index in [0.29, 0.717) is 23.2 Å². The lowest BCUT2D eigenvalue weighted by Crippen LogP contribution is -2.48. The fourth-order valence-corrected chi connectivity index (χ4v) is 5.57. The van der Waals surface area contributed by atoms with E-state index in [1.807, 2.05) is 44.2 Å². The monoisotopic (exact) mass is 480 g/mol. The van der Waals surface area contributed by atoms with Crippen molar-refractivity contribution in [2.75, 3.05) is 5.75 Å². The zero-order valence-corrected chi connectivity index (χ0v) is 20.1. The molecule has 1 saturated heterocycles. The standard InChI is InChI=1S/C24H28N6O3S/c1-16-7-5-8-17(2)29(16)22(32)14-28-19-10-3-4-11-20(19)30-23(28)26-27-24(30)34-15-21(31)25-13-18-9-6-12-33-18/h3-4,6,9-12,16-17H,5,7-8,13-15H2,1-2H3,(H,25,31)/t16-,17+. The Morgan fingerprint density at radius 1 is 1.09 bits per heavy atom. The van der Waals surface area contributed by atoms with Crippen molar-refractivity contribution in [1.29, 1.82) is 0 Å². The van der Waals surface area contributed by atoms with Crippen molar-refractivity contribution in [3.63, 3.8) is 0 Å². The Kier molecular flexibility index (Phi) is 6.32. The number of carbonyl (C=O) groups is 2. The molecule has 2 atom stereocenters. The lowest BCUT2D eigenvalue weighted by molar-refractivity contribution is -0.137. The fraction of sp³-hybridized carbons (Fsp3) is 0.417. The number of aromatic nitrogens is 4. The molecular weight excluding hydrogens is 452 g/mol. The molecule has 3 aromatic heterocycles. The molecule has 178 valence electrons. The summed E-state index contributed by atoms with van der Waals surface area (Å²) < 4.78 is 9.11. The van der Waals surface area contributed by atoms with Gasteiger partial charge in [0, 0.05) is 12.1 Å². The van der Waals surface area contributed by atoms with Gasteiger partial charge >= 0.3 is 0 Å². The Labute approximate surface area is 201 Å². The zero-order valence-electron chi connectivity index (χ0n) is 19.3. The first-order valence-electron chi connectivity index (χ1n) is 11.6. The second-order valence-electron chi connectivity index (χ2n) is 8.77. The van der Waals surface area contributed by atoms with Crippen LogP contribution in [0.25, 0.3) is 16.8 Å². The lowest BCUT2D eigenvalue weighted by atomic mass is 9.97. The summed E-state index contributed by atoms with van der Waals surface area (Å²) in [6, 6.07) is 12.0. The van der Waals surface area contributed by atoms with Crippen LogP contribution in [0.1, 0.15) is 38.9 Å². The van der Waals surface area contributed by atoms with Gasteiger partial charge in [-0.25, -0.2) is 0 Å². The van der Waals surface area contributed by atoms with Crippen LogP contribution in [0.2, 0.25) is 0 Å².